The number of hydrogen-bond acceptors (Lipinski definition) is 5. The van der Waals surface area contributed by atoms with Crippen molar-refractivity contribution >= 4 is 11.4 Å². The number of aromatic nitrogens is 1. The predicted molar refractivity (Wildman–Crippen MR) is 64.1 cm³/mol. The molecule has 0 saturated heterocycles. The van der Waals surface area contributed by atoms with Gasteiger partial charge < -0.3 is 5.11 Å². The first-order valence-electron chi connectivity index (χ1n) is 5.04. The van der Waals surface area contributed by atoms with Crippen LogP contribution in [0.5, 0.6) is 5.88 Å². The Bertz CT molecular complexity index is 683. The van der Waals surface area contributed by atoms with Gasteiger partial charge in [-0.05, 0) is 18.2 Å². The van der Waals surface area contributed by atoms with E-state index < -0.39 is 11.4 Å². The van der Waals surface area contributed by atoms with E-state index in [2.05, 4.69) is 15.2 Å². The SMILES string of the molecule is N#Cc1cc(N=Nc2ccccc2)c(=O)[nH]c1O. The zero-order chi connectivity index (χ0) is 13.0. The molecular formula is C12H8N4O2. The van der Waals surface area contributed by atoms with E-state index in [1.165, 1.54) is 6.07 Å². The number of rotatable bonds is 2. The van der Waals surface area contributed by atoms with Crippen molar-refractivity contribution in [2.24, 2.45) is 10.2 Å². The van der Waals surface area contributed by atoms with Crippen LogP contribution in [0.3, 0.4) is 0 Å². The predicted octanol–water partition coefficient (Wildman–Crippen LogP) is 2.37. The summed E-state index contributed by atoms with van der Waals surface area (Å²) in [5, 5.41) is 25.6. The summed E-state index contributed by atoms with van der Waals surface area (Å²) in [7, 11) is 0. The van der Waals surface area contributed by atoms with E-state index in [1.807, 2.05) is 6.07 Å². The molecule has 0 spiro atoms. The van der Waals surface area contributed by atoms with Gasteiger partial charge in [0.1, 0.15) is 11.6 Å². The second-order valence-corrected chi connectivity index (χ2v) is 3.39. The molecule has 88 valence electrons. The molecule has 0 bridgehead atoms. The first-order chi connectivity index (χ1) is 8.70. The molecule has 6 heteroatoms. The van der Waals surface area contributed by atoms with Crippen molar-refractivity contribution in [2.75, 3.05) is 0 Å². The monoisotopic (exact) mass is 240 g/mol. The van der Waals surface area contributed by atoms with Crippen LogP contribution < -0.4 is 5.56 Å². The van der Waals surface area contributed by atoms with Gasteiger partial charge >= 0.3 is 0 Å². The Morgan fingerprint density at radius 1 is 1.22 bits per heavy atom. The van der Waals surface area contributed by atoms with Crippen LogP contribution in [0.25, 0.3) is 0 Å². The molecule has 1 aromatic heterocycles. The van der Waals surface area contributed by atoms with Crippen molar-refractivity contribution in [3.05, 3.63) is 52.3 Å². The first kappa shape index (κ1) is 11.5. The molecule has 0 aliphatic heterocycles. The maximum absolute atomic E-state index is 11.5. The number of nitrogens with one attached hydrogen (secondary N) is 1. The molecule has 0 amide bonds. The highest BCUT2D eigenvalue weighted by molar-refractivity contribution is 5.47. The summed E-state index contributed by atoms with van der Waals surface area (Å²) in [5.41, 5.74) is -0.112. The molecule has 0 fully saturated rings. The normalized spacial score (nSPS) is 10.4. The van der Waals surface area contributed by atoms with E-state index in [0.717, 1.165) is 0 Å². The van der Waals surface area contributed by atoms with Gasteiger partial charge in [0.05, 0.1) is 5.69 Å². The van der Waals surface area contributed by atoms with Crippen molar-refractivity contribution in [1.82, 2.24) is 4.98 Å². The lowest BCUT2D eigenvalue weighted by atomic mass is 10.3. The van der Waals surface area contributed by atoms with Crippen LogP contribution >= 0.6 is 0 Å². The van der Waals surface area contributed by atoms with Crippen LogP contribution in [-0.2, 0) is 0 Å². The fraction of sp³-hybridized carbons (Fsp3) is 0. The molecule has 0 unspecified atom stereocenters. The second-order valence-electron chi connectivity index (χ2n) is 3.39. The smallest absolute Gasteiger partial charge is 0.278 e. The molecule has 0 aliphatic carbocycles. The highest BCUT2D eigenvalue weighted by atomic mass is 16.3. The Labute approximate surface area is 102 Å². The van der Waals surface area contributed by atoms with Gasteiger partial charge in [0.25, 0.3) is 5.56 Å². The minimum Gasteiger partial charge on any atom is -0.494 e. The number of azo groups is 1. The van der Waals surface area contributed by atoms with Crippen LogP contribution in [-0.4, -0.2) is 10.1 Å². The van der Waals surface area contributed by atoms with E-state index >= 15 is 0 Å². The maximum Gasteiger partial charge on any atom is 0.278 e. The zero-order valence-corrected chi connectivity index (χ0v) is 9.16. The van der Waals surface area contributed by atoms with Crippen molar-refractivity contribution in [3.8, 4) is 11.9 Å². The summed E-state index contributed by atoms with van der Waals surface area (Å²) in [4.78, 5) is 13.6. The molecule has 1 heterocycles. The summed E-state index contributed by atoms with van der Waals surface area (Å²) >= 11 is 0. The van der Waals surface area contributed by atoms with Gasteiger partial charge in [0.2, 0.25) is 5.88 Å². The first-order valence-corrected chi connectivity index (χ1v) is 5.04. The van der Waals surface area contributed by atoms with Gasteiger partial charge in [0, 0.05) is 0 Å². The molecule has 0 atom stereocenters. The summed E-state index contributed by atoms with van der Waals surface area (Å²) in [6.07, 6.45) is 0. The molecule has 2 aromatic rings. The Kier molecular flexibility index (Phi) is 3.16. The molecule has 0 saturated carbocycles. The number of pyridine rings is 1. The largest absolute Gasteiger partial charge is 0.494 e. The lowest BCUT2D eigenvalue weighted by Crippen LogP contribution is -2.05. The van der Waals surface area contributed by atoms with E-state index in [9.17, 15) is 9.90 Å². The number of benzene rings is 1. The van der Waals surface area contributed by atoms with E-state index in [1.54, 1.807) is 30.3 Å². The number of hydrogen-bond donors (Lipinski definition) is 2. The zero-order valence-electron chi connectivity index (χ0n) is 9.16. The summed E-state index contributed by atoms with van der Waals surface area (Å²) in [6, 6.07) is 11.8. The Morgan fingerprint density at radius 2 is 1.94 bits per heavy atom. The van der Waals surface area contributed by atoms with E-state index in [0.29, 0.717) is 5.69 Å². The van der Waals surface area contributed by atoms with Crippen molar-refractivity contribution in [1.29, 1.82) is 5.26 Å². The Hall–Kier alpha value is -2.94. The molecule has 0 radical (unpaired) electrons. The minimum absolute atomic E-state index is 0.0341. The Morgan fingerprint density at radius 3 is 2.61 bits per heavy atom. The number of aromatic amines is 1. The molecule has 2 rings (SSSR count). The average Bonchev–Trinajstić information content (AvgIpc) is 2.39. The fourth-order valence-corrected chi connectivity index (χ4v) is 1.28. The quantitative estimate of drug-likeness (QED) is 0.787. The molecule has 6 nitrogen and oxygen atoms in total. The fourth-order valence-electron chi connectivity index (χ4n) is 1.28. The molecule has 1 aromatic carbocycles. The highest BCUT2D eigenvalue weighted by Crippen LogP contribution is 2.18. The van der Waals surface area contributed by atoms with Crippen LogP contribution in [0.1, 0.15) is 5.56 Å². The summed E-state index contributed by atoms with van der Waals surface area (Å²) in [5.74, 6) is -0.471. The molecule has 18 heavy (non-hydrogen) atoms. The van der Waals surface area contributed by atoms with Crippen LogP contribution in [0.15, 0.2) is 51.4 Å². The third-order valence-electron chi connectivity index (χ3n) is 2.15. The lowest BCUT2D eigenvalue weighted by molar-refractivity contribution is 0.450. The summed E-state index contributed by atoms with van der Waals surface area (Å²) < 4.78 is 0. The molecule has 2 N–H and O–H groups in total. The van der Waals surface area contributed by atoms with Crippen LogP contribution in [0, 0.1) is 11.3 Å². The van der Waals surface area contributed by atoms with Gasteiger partial charge in [-0.2, -0.15) is 10.4 Å². The molecule has 0 aliphatic rings. The summed E-state index contributed by atoms with van der Waals surface area (Å²) in [6.45, 7) is 0. The third-order valence-corrected chi connectivity index (χ3v) is 2.15. The average molecular weight is 240 g/mol. The minimum atomic E-state index is -0.605. The number of nitriles is 1. The number of aromatic hydroxyl groups is 1. The number of H-pyrrole nitrogens is 1. The standard InChI is InChI=1S/C12H8N4O2/c13-7-8-6-10(12(18)14-11(8)17)16-15-9-4-2-1-3-5-9/h1-6H,(H2,14,17,18). The molecular weight excluding hydrogens is 232 g/mol. The van der Waals surface area contributed by atoms with Crippen molar-refractivity contribution in [2.45, 2.75) is 0 Å². The van der Waals surface area contributed by atoms with Crippen LogP contribution in [0.2, 0.25) is 0 Å². The topological polar surface area (TPSA) is 102 Å². The van der Waals surface area contributed by atoms with Gasteiger partial charge in [-0.1, -0.05) is 18.2 Å². The van der Waals surface area contributed by atoms with Gasteiger partial charge in [0.15, 0.2) is 5.69 Å². The lowest BCUT2D eigenvalue weighted by Gasteiger charge is -1.96. The third kappa shape index (κ3) is 2.41. The van der Waals surface area contributed by atoms with Gasteiger partial charge in [-0.25, -0.2) is 0 Å². The van der Waals surface area contributed by atoms with E-state index in [4.69, 9.17) is 5.26 Å². The van der Waals surface area contributed by atoms with E-state index in [-0.39, 0.29) is 11.3 Å². The van der Waals surface area contributed by atoms with Crippen molar-refractivity contribution in [3.63, 3.8) is 0 Å². The highest BCUT2D eigenvalue weighted by Gasteiger charge is 2.06. The van der Waals surface area contributed by atoms with Crippen LogP contribution in [0.4, 0.5) is 11.4 Å². The second kappa shape index (κ2) is 4.93. The number of nitrogens with zero attached hydrogens (tertiary/aromatic N) is 3. The van der Waals surface area contributed by atoms with Gasteiger partial charge in [-0.3, -0.25) is 9.78 Å². The van der Waals surface area contributed by atoms with Gasteiger partial charge in [-0.15, -0.1) is 5.11 Å². The maximum atomic E-state index is 11.5. The Balaban J connectivity index is 2.39. The van der Waals surface area contributed by atoms with Crippen molar-refractivity contribution < 1.29 is 5.11 Å².